The zero-order chi connectivity index (χ0) is 27.6. The van der Waals surface area contributed by atoms with Gasteiger partial charge in [0.05, 0.1) is 23.2 Å². The van der Waals surface area contributed by atoms with E-state index in [1.54, 1.807) is 28.8 Å². The topological polar surface area (TPSA) is 108 Å². The molecule has 8 nitrogen and oxygen atoms in total. The van der Waals surface area contributed by atoms with Gasteiger partial charge in [0, 0.05) is 30.6 Å². The molecule has 0 aliphatic carbocycles. The first kappa shape index (κ1) is 27.5. The first-order chi connectivity index (χ1) is 18.9. The van der Waals surface area contributed by atoms with Crippen molar-refractivity contribution in [2.75, 3.05) is 25.1 Å². The summed E-state index contributed by atoms with van der Waals surface area (Å²) in [6, 6.07) is 16.3. The van der Waals surface area contributed by atoms with E-state index in [1.165, 1.54) is 0 Å². The fourth-order valence-electron chi connectivity index (χ4n) is 6.66. The van der Waals surface area contributed by atoms with Crippen LogP contribution in [0.4, 0.5) is 5.69 Å². The van der Waals surface area contributed by atoms with Crippen LogP contribution in [0.5, 0.6) is 5.75 Å². The van der Waals surface area contributed by atoms with Gasteiger partial charge in [-0.3, -0.25) is 14.4 Å². The van der Waals surface area contributed by atoms with Crippen molar-refractivity contribution in [3.63, 3.8) is 0 Å². The molecule has 3 saturated heterocycles. The van der Waals surface area contributed by atoms with E-state index in [9.17, 15) is 19.5 Å². The molecule has 2 aromatic carbocycles. The third-order valence-electron chi connectivity index (χ3n) is 8.35. The Balaban J connectivity index is 1.40. The van der Waals surface area contributed by atoms with Crippen molar-refractivity contribution < 1.29 is 24.2 Å². The second-order valence-electron chi connectivity index (χ2n) is 10.7. The number of unbranched alkanes of at least 4 members (excludes halogenated alkanes) is 1. The number of carbonyl (C=O) groups is 3. The Morgan fingerprint density at radius 2 is 1.85 bits per heavy atom. The van der Waals surface area contributed by atoms with Crippen LogP contribution in [0.25, 0.3) is 0 Å². The van der Waals surface area contributed by atoms with Crippen molar-refractivity contribution in [3.05, 3.63) is 60.2 Å². The number of nitrogens with zero attached hydrogens (tertiary/aromatic N) is 1. The maximum Gasteiger partial charge on any atom is 0.244 e. The van der Waals surface area contributed by atoms with E-state index in [0.29, 0.717) is 38.2 Å². The molecule has 3 N–H and O–H groups in total. The molecule has 5 rings (SSSR count). The molecule has 3 heterocycles. The molecule has 39 heavy (non-hydrogen) atoms. The van der Waals surface area contributed by atoms with Crippen LogP contribution in [0.15, 0.2) is 54.6 Å². The van der Waals surface area contributed by atoms with Gasteiger partial charge in [0.15, 0.2) is 0 Å². The number of rotatable bonds is 11. The fraction of sp³-hybridized carbons (Fsp3) is 0.500. The zero-order valence-corrected chi connectivity index (χ0v) is 23.3. The van der Waals surface area contributed by atoms with Crippen LogP contribution in [0.2, 0.25) is 0 Å². The third-order valence-corrected chi connectivity index (χ3v) is 10.4. The van der Waals surface area contributed by atoms with Crippen molar-refractivity contribution in [2.45, 2.75) is 55.7 Å². The highest BCUT2D eigenvalue weighted by atomic mass is 32.2. The highest BCUT2D eigenvalue weighted by Gasteiger charge is 2.75. The van der Waals surface area contributed by atoms with Crippen LogP contribution in [0.3, 0.4) is 0 Å². The van der Waals surface area contributed by atoms with Crippen LogP contribution in [-0.2, 0) is 20.9 Å². The molecule has 3 aliphatic heterocycles. The van der Waals surface area contributed by atoms with Crippen LogP contribution in [0, 0.1) is 17.8 Å². The van der Waals surface area contributed by atoms with Gasteiger partial charge in [-0.15, -0.1) is 11.8 Å². The first-order valence-electron chi connectivity index (χ1n) is 13.8. The zero-order valence-electron chi connectivity index (χ0n) is 22.5. The van der Waals surface area contributed by atoms with Gasteiger partial charge in [0.25, 0.3) is 0 Å². The Morgan fingerprint density at radius 1 is 1.10 bits per heavy atom. The molecule has 2 bridgehead atoms. The minimum Gasteiger partial charge on any atom is -0.494 e. The van der Waals surface area contributed by atoms with Gasteiger partial charge < -0.3 is 25.4 Å². The number of likely N-dealkylation sites (tertiary alicyclic amines) is 1. The van der Waals surface area contributed by atoms with E-state index in [4.69, 9.17) is 4.74 Å². The third kappa shape index (κ3) is 5.02. The molecule has 208 valence electrons. The number of fused-ring (bicyclic) bond motifs is 1. The summed E-state index contributed by atoms with van der Waals surface area (Å²) >= 11 is 1.66. The summed E-state index contributed by atoms with van der Waals surface area (Å²) in [6.45, 7) is 5.38. The Kier molecular flexibility index (Phi) is 8.19. The quantitative estimate of drug-likeness (QED) is 0.369. The summed E-state index contributed by atoms with van der Waals surface area (Å²) in [5, 5.41) is 15.4. The number of aliphatic hydroxyl groups is 1. The molecule has 3 aliphatic rings. The Bertz CT molecular complexity index is 1190. The van der Waals surface area contributed by atoms with Crippen molar-refractivity contribution >= 4 is 35.2 Å². The number of carbonyl (C=O) groups excluding carboxylic acids is 3. The van der Waals surface area contributed by atoms with Crippen molar-refractivity contribution in [2.24, 2.45) is 17.8 Å². The molecule has 0 aromatic heterocycles. The highest BCUT2D eigenvalue weighted by Crippen LogP contribution is 2.68. The van der Waals surface area contributed by atoms with E-state index in [2.05, 4.69) is 17.6 Å². The molecule has 3 fully saturated rings. The summed E-state index contributed by atoms with van der Waals surface area (Å²) in [5.74, 6) is -0.728. The van der Waals surface area contributed by atoms with Crippen molar-refractivity contribution in [1.29, 1.82) is 0 Å². The van der Waals surface area contributed by atoms with Crippen LogP contribution >= 0.6 is 11.8 Å². The molecular formula is C30H37N3O5S. The average molecular weight is 552 g/mol. The van der Waals surface area contributed by atoms with Crippen molar-refractivity contribution in [3.8, 4) is 5.75 Å². The smallest absolute Gasteiger partial charge is 0.244 e. The lowest BCUT2D eigenvalue weighted by molar-refractivity contribution is -0.139. The Morgan fingerprint density at radius 3 is 2.54 bits per heavy atom. The molecule has 3 unspecified atom stereocenters. The van der Waals surface area contributed by atoms with Crippen LogP contribution in [0.1, 0.15) is 38.7 Å². The number of hydrogen-bond acceptors (Lipinski definition) is 6. The molecule has 2 aromatic rings. The molecule has 6 atom stereocenters. The number of amides is 3. The van der Waals surface area contributed by atoms with Gasteiger partial charge in [-0.1, -0.05) is 37.3 Å². The van der Waals surface area contributed by atoms with Gasteiger partial charge >= 0.3 is 0 Å². The fourth-order valence-corrected chi connectivity index (χ4v) is 9.08. The number of hydrogen-bond donors (Lipinski definition) is 3. The second kappa shape index (κ2) is 11.6. The normalized spacial score (nSPS) is 28.8. The molecule has 1 spiro atoms. The average Bonchev–Trinajstić information content (AvgIpc) is 3.53. The van der Waals surface area contributed by atoms with E-state index >= 15 is 0 Å². The van der Waals surface area contributed by atoms with Gasteiger partial charge in [0.1, 0.15) is 11.8 Å². The van der Waals surface area contributed by atoms with Gasteiger partial charge in [0.2, 0.25) is 17.7 Å². The number of benzene rings is 2. The number of aliphatic hydroxyl groups excluding tert-OH is 1. The van der Waals surface area contributed by atoms with Crippen LogP contribution < -0.4 is 15.4 Å². The van der Waals surface area contributed by atoms with Gasteiger partial charge in [-0.25, -0.2) is 0 Å². The molecule has 3 amide bonds. The predicted molar refractivity (Wildman–Crippen MR) is 151 cm³/mol. The largest absolute Gasteiger partial charge is 0.494 e. The van der Waals surface area contributed by atoms with E-state index in [-0.39, 0.29) is 35.5 Å². The van der Waals surface area contributed by atoms with Crippen molar-refractivity contribution in [1.82, 2.24) is 10.2 Å². The van der Waals surface area contributed by atoms with Gasteiger partial charge in [-0.05, 0) is 61.9 Å². The summed E-state index contributed by atoms with van der Waals surface area (Å²) in [4.78, 5) is 43.3. The highest BCUT2D eigenvalue weighted by molar-refractivity contribution is 8.02. The standard InChI is InChI=1S/C30H37N3O5S/c1-3-38-22-13-11-21(12-14-22)32-27(35)24-23-17-19(2)30(39-23)25(24)29(37)33(15-7-8-16-34)26(30)28(36)31-18-20-9-5-4-6-10-20/h4-6,9-14,19,23-26,34H,3,7-8,15-18H2,1-2H3,(H,31,36)(H,32,35)/t19?,23-,24+,25-,26?,30?/m0/s1. The maximum atomic E-state index is 14.1. The first-order valence-corrected chi connectivity index (χ1v) is 14.7. The lowest BCUT2D eigenvalue weighted by Gasteiger charge is -2.38. The lowest BCUT2D eigenvalue weighted by atomic mass is 9.66. The maximum absolute atomic E-state index is 14.1. The van der Waals surface area contributed by atoms with E-state index in [1.807, 2.05) is 49.4 Å². The minimum absolute atomic E-state index is 0.0272. The number of nitrogens with one attached hydrogen (secondary N) is 2. The monoisotopic (exact) mass is 551 g/mol. The summed E-state index contributed by atoms with van der Waals surface area (Å²) in [6.07, 6.45) is 1.93. The number of anilines is 1. The molecular weight excluding hydrogens is 514 g/mol. The molecule has 9 heteroatoms. The van der Waals surface area contributed by atoms with Crippen LogP contribution in [-0.4, -0.2) is 63.5 Å². The lowest BCUT2D eigenvalue weighted by Crippen LogP contribution is -2.56. The summed E-state index contributed by atoms with van der Waals surface area (Å²) in [5.41, 5.74) is 1.64. The Labute approximate surface area is 233 Å². The van der Waals surface area contributed by atoms with Gasteiger partial charge in [-0.2, -0.15) is 0 Å². The SMILES string of the molecule is CCOc1ccc(NC(=O)[C@@H]2[C@@H]3CC(C)C4(S3)C(C(=O)NCc3ccccc3)N(CCCCO)C(=O)[C@H]24)cc1. The summed E-state index contributed by atoms with van der Waals surface area (Å²) < 4.78 is 4.84. The second-order valence-corrected chi connectivity index (χ2v) is 12.2. The Hall–Kier alpha value is -3.04. The molecule has 0 radical (unpaired) electrons. The minimum atomic E-state index is -0.664. The number of ether oxygens (including phenoxy) is 1. The predicted octanol–water partition coefficient (Wildman–Crippen LogP) is 3.45. The van der Waals surface area contributed by atoms with E-state index in [0.717, 1.165) is 17.7 Å². The molecule has 0 saturated carbocycles. The van der Waals surface area contributed by atoms with E-state index < -0.39 is 22.6 Å². The summed E-state index contributed by atoms with van der Waals surface area (Å²) in [7, 11) is 0. The number of thioether (sulfide) groups is 1.